The van der Waals surface area contributed by atoms with Crippen LogP contribution in [-0.4, -0.2) is 26.2 Å². The van der Waals surface area contributed by atoms with E-state index in [4.69, 9.17) is 0 Å². The van der Waals surface area contributed by atoms with Gasteiger partial charge in [-0.1, -0.05) is 30.3 Å². The van der Waals surface area contributed by atoms with Gasteiger partial charge in [0.1, 0.15) is 5.65 Å². The number of aryl methyl sites for hydroxylation is 3. The highest BCUT2D eigenvalue weighted by Gasteiger charge is 2.20. The second kappa shape index (κ2) is 7.67. The number of pyridine rings is 1. The van der Waals surface area contributed by atoms with Crippen molar-refractivity contribution in [2.45, 2.75) is 12.8 Å². The fourth-order valence-electron chi connectivity index (χ4n) is 3.27. The van der Waals surface area contributed by atoms with Crippen LogP contribution in [-0.2, 0) is 27.6 Å². The molecule has 0 saturated heterocycles. The third kappa shape index (κ3) is 3.40. The van der Waals surface area contributed by atoms with Crippen molar-refractivity contribution >= 4 is 16.9 Å². The highest BCUT2D eigenvalue weighted by atomic mass is 16.2. The Hall–Kier alpha value is -3.42. The smallest absolute Gasteiger partial charge is 0.332 e. The molecule has 8 nitrogen and oxygen atoms in total. The van der Waals surface area contributed by atoms with Gasteiger partial charge in [-0.15, -0.1) is 0 Å². The molecule has 28 heavy (non-hydrogen) atoms. The minimum Gasteiger partial charge on any atom is -0.352 e. The number of carbonyl (C=O) groups is 1. The molecular formula is C20H22N4O4. The molecule has 1 amide bonds. The normalized spacial score (nSPS) is 11.0. The van der Waals surface area contributed by atoms with Gasteiger partial charge >= 0.3 is 5.69 Å². The number of aromatic nitrogens is 3. The Balaban J connectivity index is 1.93. The van der Waals surface area contributed by atoms with Crippen molar-refractivity contribution in [2.75, 3.05) is 6.54 Å². The number of carbonyl (C=O) groups excluding carboxylic acids is 1. The summed E-state index contributed by atoms with van der Waals surface area (Å²) in [7, 11) is 4.27. The Morgan fingerprint density at radius 3 is 2.32 bits per heavy atom. The lowest BCUT2D eigenvalue weighted by Gasteiger charge is -2.14. The number of hydrogen-bond donors (Lipinski definition) is 1. The lowest BCUT2D eigenvalue weighted by atomic mass is 10.1. The van der Waals surface area contributed by atoms with Crippen LogP contribution in [0, 0.1) is 0 Å². The lowest BCUT2D eigenvalue weighted by Crippen LogP contribution is -2.41. The monoisotopic (exact) mass is 382 g/mol. The highest BCUT2D eigenvalue weighted by molar-refractivity contribution is 6.05. The van der Waals surface area contributed by atoms with Crippen molar-refractivity contribution in [3.05, 3.63) is 78.7 Å². The molecule has 0 unspecified atom stereocenters. The van der Waals surface area contributed by atoms with Crippen molar-refractivity contribution in [2.24, 2.45) is 21.1 Å². The molecule has 146 valence electrons. The van der Waals surface area contributed by atoms with E-state index in [1.165, 1.54) is 35.8 Å². The first kappa shape index (κ1) is 19.3. The molecule has 0 atom stereocenters. The first-order chi connectivity index (χ1) is 13.3. The minimum absolute atomic E-state index is 0.0194. The predicted molar refractivity (Wildman–Crippen MR) is 107 cm³/mol. The molecule has 3 aromatic rings. The Kier molecular flexibility index (Phi) is 5.30. The minimum atomic E-state index is -0.608. The summed E-state index contributed by atoms with van der Waals surface area (Å²) < 4.78 is 3.33. The summed E-state index contributed by atoms with van der Waals surface area (Å²) in [6.45, 7) is 0.399. The second-order valence-electron chi connectivity index (χ2n) is 6.70. The van der Waals surface area contributed by atoms with Gasteiger partial charge in [-0.25, -0.2) is 4.79 Å². The van der Waals surface area contributed by atoms with Crippen LogP contribution in [0.1, 0.15) is 22.3 Å². The Morgan fingerprint density at radius 2 is 1.64 bits per heavy atom. The van der Waals surface area contributed by atoms with E-state index in [2.05, 4.69) is 5.32 Å². The van der Waals surface area contributed by atoms with E-state index in [0.717, 1.165) is 23.5 Å². The number of fused-ring (bicyclic) bond motifs is 1. The summed E-state index contributed by atoms with van der Waals surface area (Å²) >= 11 is 0. The number of rotatable bonds is 5. The van der Waals surface area contributed by atoms with Crippen molar-refractivity contribution < 1.29 is 4.79 Å². The maximum Gasteiger partial charge on any atom is 0.332 e. The summed E-state index contributed by atoms with van der Waals surface area (Å²) in [5, 5.41) is 2.81. The summed E-state index contributed by atoms with van der Waals surface area (Å²) in [5.41, 5.74) is -0.370. The molecule has 0 radical (unpaired) electrons. The van der Waals surface area contributed by atoms with Gasteiger partial charge in [-0.2, -0.15) is 0 Å². The van der Waals surface area contributed by atoms with Crippen LogP contribution in [0.2, 0.25) is 0 Å². The highest BCUT2D eigenvalue weighted by Crippen LogP contribution is 2.11. The van der Waals surface area contributed by atoms with Crippen LogP contribution < -0.4 is 22.1 Å². The van der Waals surface area contributed by atoms with E-state index >= 15 is 0 Å². The summed E-state index contributed by atoms with van der Waals surface area (Å²) in [6, 6.07) is 11.0. The van der Waals surface area contributed by atoms with Crippen molar-refractivity contribution in [3.63, 3.8) is 0 Å². The molecule has 2 aromatic heterocycles. The molecule has 3 rings (SSSR count). The third-order valence-corrected chi connectivity index (χ3v) is 4.83. The molecule has 0 saturated carbocycles. The largest absolute Gasteiger partial charge is 0.352 e. The fraction of sp³-hybridized carbons (Fsp3) is 0.300. The van der Waals surface area contributed by atoms with Gasteiger partial charge < -0.3 is 5.32 Å². The quantitative estimate of drug-likeness (QED) is 0.642. The van der Waals surface area contributed by atoms with E-state index in [9.17, 15) is 19.2 Å². The standard InChI is InChI=1S/C20H22N4O4/c1-22-15(25)12-14(16-18(22)23(2)20(28)24(3)19(16)27)17(26)21-11-7-10-13-8-5-4-6-9-13/h4-6,8-9,12H,7,10-11H2,1-3H3,(H,21,26). The van der Waals surface area contributed by atoms with E-state index < -0.39 is 22.7 Å². The molecule has 0 bridgehead atoms. The molecule has 0 aliphatic rings. The Labute approximate surface area is 160 Å². The van der Waals surface area contributed by atoms with Crippen molar-refractivity contribution in [1.29, 1.82) is 0 Å². The summed E-state index contributed by atoms with van der Waals surface area (Å²) in [4.78, 5) is 49.9. The van der Waals surface area contributed by atoms with Gasteiger partial charge in [-0.3, -0.25) is 28.1 Å². The molecule has 8 heteroatoms. The van der Waals surface area contributed by atoms with Gasteiger partial charge in [0.05, 0.1) is 10.9 Å². The molecule has 1 N–H and O–H groups in total. The van der Waals surface area contributed by atoms with Crippen LogP contribution in [0.5, 0.6) is 0 Å². The average molecular weight is 382 g/mol. The second-order valence-corrected chi connectivity index (χ2v) is 6.70. The predicted octanol–water partition coefficient (Wildman–Crippen LogP) is 0.298. The number of amides is 1. The first-order valence-corrected chi connectivity index (χ1v) is 8.94. The van der Waals surface area contributed by atoms with Gasteiger partial charge in [0.2, 0.25) is 0 Å². The number of nitrogens with zero attached hydrogens (tertiary/aromatic N) is 3. The molecule has 0 fully saturated rings. The number of benzene rings is 1. The maximum absolute atomic E-state index is 12.7. The fourth-order valence-corrected chi connectivity index (χ4v) is 3.27. The van der Waals surface area contributed by atoms with E-state index in [0.29, 0.717) is 6.54 Å². The topological polar surface area (TPSA) is 95.1 Å². The third-order valence-electron chi connectivity index (χ3n) is 4.83. The van der Waals surface area contributed by atoms with Crippen LogP contribution in [0.4, 0.5) is 0 Å². The van der Waals surface area contributed by atoms with Gasteiger partial charge in [0, 0.05) is 33.8 Å². The zero-order chi connectivity index (χ0) is 20.4. The molecule has 0 aliphatic heterocycles. The van der Waals surface area contributed by atoms with E-state index in [-0.39, 0.29) is 16.6 Å². The average Bonchev–Trinajstić information content (AvgIpc) is 2.70. The van der Waals surface area contributed by atoms with Crippen LogP contribution in [0.25, 0.3) is 11.0 Å². The summed E-state index contributed by atoms with van der Waals surface area (Å²) in [6.07, 6.45) is 1.52. The first-order valence-electron chi connectivity index (χ1n) is 8.94. The van der Waals surface area contributed by atoms with Crippen molar-refractivity contribution in [1.82, 2.24) is 19.0 Å². The zero-order valence-corrected chi connectivity index (χ0v) is 16.1. The molecule has 0 spiro atoms. The van der Waals surface area contributed by atoms with Crippen LogP contribution in [0.15, 0.2) is 50.8 Å². The zero-order valence-electron chi connectivity index (χ0n) is 16.1. The summed E-state index contributed by atoms with van der Waals surface area (Å²) in [5.74, 6) is -0.508. The Bertz CT molecular complexity index is 1220. The molecular weight excluding hydrogens is 360 g/mol. The van der Waals surface area contributed by atoms with Gasteiger partial charge in [0.15, 0.2) is 0 Å². The van der Waals surface area contributed by atoms with E-state index in [1.54, 1.807) is 0 Å². The maximum atomic E-state index is 12.7. The number of hydrogen-bond acceptors (Lipinski definition) is 4. The molecule has 1 aromatic carbocycles. The lowest BCUT2D eigenvalue weighted by molar-refractivity contribution is 0.0954. The van der Waals surface area contributed by atoms with Crippen molar-refractivity contribution in [3.8, 4) is 0 Å². The Morgan fingerprint density at radius 1 is 0.964 bits per heavy atom. The van der Waals surface area contributed by atoms with Gasteiger partial charge in [-0.05, 0) is 18.4 Å². The van der Waals surface area contributed by atoms with Crippen LogP contribution in [0.3, 0.4) is 0 Å². The molecule has 2 heterocycles. The SMILES string of the molecule is Cn1c(=O)c2c(C(=O)NCCCc3ccccc3)cc(=O)n(C)c2n(C)c1=O. The molecule has 0 aliphatic carbocycles. The van der Waals surface area contributed by atoms with E-state index in [1.807, 2.05) is 30.3 Å². The number of nitrogens with one attached hydrogen (secondary N) is 1. The van der Waals surface area contributed by atoms with Crippen LogP contribution >= 0.6 is 0 Å². The van der Waals surface area contributed by atoms with Gasteiger partial charge in [0.25, 0.3) is 17.0 Å².